The van der Waals surface area contributed by atoms with Crippen LogP contribution in [0, 0.1) is 5.92 Å². The van der Waals surface area contributed by atoms with Crippen LogP contribution in [0.4, 0.5) is 0 Å². The second-order valence-corrected chi connectivity index (χ2v) is 7.71. The van der Waals surface area contributed by atoms with Crippen molar-refractivity contribution in [2.24, 2.45) is 5.92 Å². The van der Waals surface area contributed by atoms with Crippen molar-refractivity contribution in [3.05, 3.63) is 70.8 Å². The maximum atomic E-state index is 13.7. The van der Waals surface area contributed by atoms with Crippen molar-refractivity contribution in [1.29, 1.82) is 0 Å². The van der Waals surface area contributed by atoms with Gasteiger partial charge in [-0.2, -0.15) is 0 Å². The number of carbonyl (C=O) groups is 2. The van der Waals surface area contributed by atoms with Crippen molar-refractivity contribution in [3.63, 3.8) is 0 Å². The monoisotopic (exact) mass is 377 g/mol. The summed E-state index contributed by atoms with van der Waals surface area (Å²) in [4.78, 5) is 27.8. The van der Waals surface area contributed by atoms with Crippen molar-refractivity contribution < 1.29 is 14.3 Å². The van der Waals surface area contributed by atoms with E-state index < -0.39 is 0 Å². The first-order valence-corrected chi connectivity index (χ1v) is 10.3. The summed E-state index contributed by atoms with van der Waals surface area (Å²) in [5.74, 6) is -0.581. The number of fused-ring (bicyclic) bond motifs is 2. The number of likely N-dealkylation sites (tertiary alicyclic amines) is 1. The molecule has 146 valence electrons. The van der Waals surface area contributed by atoms with Gasteiger partial charge in [-0.3, -0.25) is 9.59 Å². The second kappa shape index (κ2) is 8.17. The number of amides is 1. The molecule has 1 aliphatic carbocycles. The fourth-order valence-electron chi connectivity index (χ4n) is 4.60. The van der Waals surface area contributed by atoms with E-state index in [0.29, 0.717) is 19.7 Å². The highest BCUT2D eigenvalue weighted by molar-refractivity contribution is 5.89. The van der Waals surface area contributed by atoms with Crippen molar-refractivity contribution in [2.75, 3.05) is 19.7 Å². The lowest BCUT2D eigenvalue weighted by Crippen LogP contribution is -2.45. The Bertz CT molecular complexity index is 828. The van der Waals surface area contributed by atoms with Gasteiger partial charge in [-0.1, -0.05) is 48.5 Å². The number of carbonyl (C=O) groups excluding carboxylic acids is 2. The largest absolute Gasteiger partial charge is 0.466 e. The molecule has 0 aromatic heterocycles. The third-order valence-electron chi connectivity index (χ3n) is 6.00. The number of esters is 1. The topological polar surface area (TPSA) is 46.6 Å². The van der Waals surface area contributed by atoms with Gasteiger partial charge in [0, 0.05) is 13.1 Å². The molecule has 1 atom stereocenters. The van der Waals surface area contributed by atoms with Crippen molar-refractivity contribution in [2.45, 2.75) is 38.5 Å². The Morgan fingerprint density at radius 2 is 1.61 bits per heavy atom. The van der Waals surface area contributed by atoms with Crippen LogP contribution >= 0.6 is 0 Å². The molecule has 0 radical (unpaired) electrons. The Morgan fingerprint density at radius 3 is 2.21 bits per heavy atom. The first kappa shape index (κ1) is 18.7. The average Bonchev–Trinajstić information content (AvgIpc) is 2.90. The van der Waals surface area contributed by atoms with E-state index in [4.69, 9.17) is 4.74 Å². The van der Waals surface area contributed by atoms with Crippen LogP contribution in [0.2, 0.25) is 0 Å². The summed E-state index contributed by atoms with van der Waals surface area (Å²) < 4.78 is 5.21. The van der Waals surface area contributed by atoms with Crippen LogP contribution in [0.25, 0.3) is 0 Å². The maximum Gasteiger partial charge on any atom is 0.310 e. The maximum absolute atomic E-state index is 13.7. The molecular formula is C24H27NO3. The van der Waals surface area contributed by atoms with E-state index in [-0.39, 0.29) is 23.7 Å². The molecule has 0 N–H and O–H groups in total. The lowest BCUT2D eigenvalue weighted by molar-refractivity contribution is -0.151. The highest BCUT2D eigenvalue weighted by Gasteiger charge is 2.36. The van der Waals surface area contributed by atoms with Crippen LogP contribution in [0.5, 0.6) is 0 Å². The minimum atomic E-state index is -0.296. The quantitative estimate of drug-likeness (QED) is 0.766. The molecule has 1 heterocycles. The summed E-state index contributed by atoms with van der Waals surface area (Å²) in [5, 5.41) is 0. The second-order valence-electron chi connectivity index (χ2n) is 7.71. The summed E-state index contributed by atoms with van der Waals surface area (Å²) in [7, 11) is 0. The molecule has 1 unspecified atom stereocenters. The molecule has 4 heteroatoms. The summed E-state index contributed by atoms with van der Waals surface area (Å²) >= 11 is 0. The Labute approximate surface area is 166 Å². The molecule has 1 saturated heterocycles. The van der Waals surface area contributed by atoms with Crippen LogP contribution in [-0.2, 0) is 27.2 Å². The van der Waals surface area contributed by atoms with E-state index in [1.165, 1.54) is 11.1 Å². The zero-order valence-corrected chi connectivity index (χ0v) is 16.4. The third-order valence-corrected chi connectivity index (χ3v) is 6.00. The minimum Gasteiger partial charge on any atom is -0.466 e. The smallest absolute Gasteiger partial charge is 0.310 e. The highest BCUT2D eigenvalue weighted by atomic mass is 16.5. The molecule has 1 amide bonds. The van der Waals surface area contributed by atoms with Gasteiger partial charge in [0.05, 0.1) is 18.4 Å². The fourth-order valence-corrected chi connectivity index (χ4v) is 4.60. The van der Waals surface area contributed by atoms with Gasteiger partial charge in [0.1, 0.15) is 0 Å². The molecule has 4 nitrogen and oxygen atoms in total. The third kappa shape index (κ3) is 3.56. The van der Waals surface area contributed by atoms with Gasteiger partial charge in [-0.25, -0.2) is 0 Å². The molecule has 4 rings (SSSR count). The van der Waals surface area contributed by atoms with Gasteiger partial charge in [0.2, 0.25) is 5.91 Å². The predicted molar refractivity (Wildman–Crippen MR) is 108 cm³/mol. The number of benzene rings is 2. The lowest BCUT2D eigenvalue weighted by atomic mass is 9.86. The van der Waals surface area contributed by atoms with E-state index in [0.717, 1.165) is 36.8 Å². The molecule has 2 aromatic rings. The average molecular weight is 377 g/mol. The number of aryl methyl sites for hydroxylation is 2. The number of hydrogen-bond acceptors (Lipinski definition) is 3. The van der Waals surface area contributed by atoms with E-state index >= 15 is 0 Å². The van der Waals surface area contributed by atoms with E-state index in [9.17, 15) is 9.59 Å². The summed E-state index contributed by atoms with van der Waals surface area (Å²) in [5.41, 5.74) is 4.71. The van der Waals surface area contributed by atoms with Crippen molar-refractivity contribution in [1.82, 2.24) is 4.90 Å². The van der Waals surface area contributed by atoms with E-state index in [1.807, 2.05) is 36.1 Å². The standard InChI is InChI=1S/C24H27NO3/c1-2-28-24(27)19-10-7-15-25(16-19)23(26)22-20-11-5-3-8-17(20)13-14-18-9-4-6-12-21(18)22/h3-6,8-9,11-12,19,22H,2,7,10,13-16H2,1H3. The SMILES string of the molecule is CCOC(=O)C1CCCN(C(=O)C2c3ccccc3CCc3ccccc32)C1. The van der Waals surface area contributed by atoms with Gasteiger partial charge in [-0.05, 0) is 54.9 Å². The normalized spacial score (nSPS) is 19.3. The van der Waals surface area contributed by atoms with Gasteiger partial charge >= 0.3 is 5.97 Å². The van der Waals surface area contributed by atoms with Crippen LogP contribution in [0.15, 0.2) is 48.5 Å². The van der Waals surface area contributed by atoms with E-state index in [2.05, 4.69) is 24.3 Å². The van der Waals surface area contributed by atoms with Gasteiger partial charge in [0.25, 0.3) is 0 Å². The number of hydrogen-bond donors (Lipinski definition) is 0. The Hall–Kier alpha value is -2.62. The Kier molecular flexibility index (Phi) is 5.47. The molecule has 1 aliphatic heterocycles. The van der Waals surface area contributed by atoms with Crippen LogP contribution in [0.1, 0.15) is 47.9 Å². The first-order valence-electron chi connectivity index (χ1n) is 10.3. The Morgan fingerprint density at radius 1 is 1.00 bits per heavy atom. The Balaban J connectivity index is 1.68. The summed E-state index contributed by atoms with van der Waals surface area (Å²) in [6.45, 7) is 3.36. The highest BCUT2D eigenvalue weighted by Crippen LogP contribution is 2.36. The van der Waals surface area contributed by atoms with Crippen LogP contribution < -0.4 is 0 Å². The van der Waals surface area contributed by atoms with Crippen molar-refractivity contribution >= 4 is 11.9 Å². The summed E-state index contributed by atoms with van der Waals surface area (Å²) in [6.07, 6.45) is 3.52. The molecule has 0 saturated carbocycles. The minimum absolute atomic E-state index is 0.107. The van der Waals surface area contributed by atoms with Gasteiger partial charge in [-0.15, -0.1) is 0 Å². The van der Waals surface area contributed by atoms with E-state index in [1.54, 1.807) is 0 Å². The number of rotatable bonds is 3. The molecular weight excluding hydrogens is 350 g/mol. The van der Waals surface area contributed by atoms with Gasteiger partial charge < -0.3 is 9.64 Å². The number of nitrogens with zero attached hydrogens (tertiary/aromatic N) is 1. The first-order chi connectivity index (χ1) is 13.7. The number of piperidine rings is 1. The molecule has 2 aliphatic rings. The van der Waals surface area contributed by atoms with Gasteiger partial charge in [0.15, 0.2) is 0 Å². The zero-order valence-electron chi connectivity index (χ0n) is 16.4. The lowest BCUT2D eigenvalue weighted by Gasteiger charge is -2.34. The molecule has 1 fully saturated rings. The number of ether oxygens (including phenoxy) is 1. The van der Waals surface area contributed by atoms with Crippen LogP contribution in [0.3, 0.4) is 0 Å². The van der Waals surface area contributed by atoms with Crippen LogP contribution in [-0.4, -0.2) is 36.5 Å². The van der Waals surface area contributed by atoms with Crippen molar-refractivity contribution in [3.8, 4) is 0 Å². The zero-order chi connectivity index (χ0) is 19.5. The fraction of sp³-hybridized carbons (Fsp3) is 0.417. The molecule has 2 aromatic carbocycles. The molecule has 0 spiro atoms. The predicted octanol–water partition coefficient (Wildman–Crippen LogP) is 3.72. The summed E-state index contributed by atoms with van der Waals surface area (Å²) in [6, 6.07) is 16.6. The molecule has 0 bridgehead atoms. The molecule has 28 heavy (non-hydrogen) atoms.